The number of hydrogen-bond acceptors (Lipinski definition) is 5. The standard InChI is InChI=1S/C20H24ClNO5/c1-24-17-11-10-16(18(25-2)19(17)26-3)20(23)22-12-4-5-13-27-15-8-6-14(21)7-9-15/h6-11H,4-5,12-13H2,1-3H3,(H,22,23). The number of amides is 1. The molecule has 0 saturated carbocycles. The summed E-state index contributed by atoms with van der Waals surface area (Å²) in [6, 6.07) is 10.6. The molecule has 0 radical (unpaired) electrons. The topological polar surface area (TPSA) is 66.0 Å². The third-order valence-corrected chi connectivity index (χ3v) is 4.14. The maximum absolute atomic E-state index is 12.4. The Morgan fingerprint density at radius 1 is 0.926 bits per heavy atom. The molecule has 0 bridgehead atoms. The molecule has 0 aromatic heterocycles. The quantitative estimate of drug-likeness (QED) is 0.619. The lowest BCUT2D eigenvalue weighted by Gasteiger charge is -2.15. The Hall–Kier alpha value is -2.60. The normalized spacial score (nSPS) is 10.2. The molecule has 0 heterocycles. The van der Waals surface area contributed by atoms with Crippen molar-refractivity contribution in [1.29, 1.82) is 0 Å². The van der Waals surface area contributed by atoms with Crippen molar-refractivity contribution in [2.45, 2.75) is 12.8 Å². The minimum absolute atomic E-state index is 0.230. The van der Waals surface area contributed by atoms with Gasteiger partial charge in [-0.1, -0.05) is 11.6 Å². The van der Waals surface area contributed by atoms with Crippen LogP contribution in [-0.2, 0) is 0 Å². The number of ether oxygens (including phenoxy) is 4. The first-order valence-electron chi connectivity index (χ1n) is 8.56. The Balaban J connectivity index is 1.81. The predicted octanol–water partition coefficient (Wildman–Crippen LogP) is 3.95. The summed E-state index contributed by atoms with van der Waals surface area (Å²) in [5.41, 5.74) is 0.396. The molecular formula is C20H24ClNO5. The van der Waals surface area contributed by atoms with Gasteiger partial charge in [0.2, 0.25) is 5.75 Å². The van der Waals surface area contributed by atoms with Crippen LogP contribution in [0.25, 0.3) is 0 Å². The van der Waals surface area contributed by atoms with Crippen LogP contribution in [0.3, 0.4) is 0 Å². The van der Waals surface area contributed by atoms with Crippen molar-refractivity contribution in [2.24, 2.45) is 0 Å². The molecule has 2 aromatic rings. The van der Waals surface area contributed by atoms with E-state index in [1.54, 1.807) is 24.3 Å². The minimum Gasteiger partial charge on any atom is -0.494 e. The second-order valence-electron chi connectivity index (χ2n) is 5.65. The van der Waals surface area contributed by atoms with Gasteiger partial charge in [0.05, 0.1) is 33.5 Å². The number of unbranched alkanes of at least 4 members (excludes halogenated alkanes) is 1. The first kappa shape index (κ1) is 20.7. The van der Waals surface area contributed by atoms with E-state index in [2.05, 4.69) is 5.32 Å². The summed E-state index contributed by atoms with van der Waals surface area (Å²) in [5.74, 6) is 1.79. The molecule has 1 N–H and O–H groups in total. The molecule has 7 heteroatoms. The number of benzene rings is 2. The number of rotatable bonds is 10. The molecular weight excluding hydrogens is 370 g/mol. The average Bonchev–Trinajstić information content (AvgIpc) is 2.70. The molecule has 1 amide bonds. The number of carbonyl (C=O) groups is 1. The number of nitrogens with one attached hydrogen (secondary N) is 1. The van der Waals surface area contributed by atoms with Gasteiger partial charge in [-0.3, -0.25) is 4.79 Å². The lowest BCUT2D eigenvalue weighted by molar-refractivity contribution is 0.0948. The van der Waals surface area contributed by atoms with Crippen LogP contribution in [-0.4, -0.2) is 40.4 Å². The zero-order valence-electron chi connectivity index (χ0n) is 15.7. The number of carbonyl (C=O) groups excluding carboxylic acids is 1. The lowest BCUT2D eigenvalue weighted by Crippen LogP contribution is -2.25. The van der Waals surface area contributed by atoms with Gasteiger partial charge in [0.1, 0.15) is 5.75 Å². The van der Waals surface area contributed by atoms with Gasteiger partial charge < -0.3 is 24.3 Å². The van der Waals surface area contributed by atoms with Crippen LogP contribution in [0.1, 0.15) is 23.2 Å². The van der Waals surface area contributed by atoms with Gasteiger partial charge in [0.25, 0.3) is 5.91 Å². The third kappa shape index (κ3) is 5.69. The van der Waals surface area contributed by atoms with E-state index in [4.69, 9.17) is 30.5 Å². The summed E-state index contributed by atoms with van der Waals surface area (Å²) < 4.78 is 21.5. The highest BCUT2D eigenvalue weighted by Crippen LogP contribution is 2.39. The van der Waals surface area contributed by atoms with Crippen molar-refractivity contribution < 1.29 is 23.7 Å². The molecule has 0 aliphatic heterocycles. The largest absolute Gasteiger partial charge is 0.494 e. The Bertz CT molecular complexity index is 749. The van der Waals surface area contributed by atoms with Crippen LogP contribution in [0.5, 0.6) is 23.0 Å². The summed E-state index contributed by atoms with van der Waals surface area (Å²) in [5, 5.41) is 3.56. The predicted molar refractivity (Wildman–Crippen MR) is 105 cm³/mol. The van der Waals surface area contributed by atoms with Crippen molar-refractivity contribution in [1.82, 2.24) is 5.32 Å². The molecule has 146 valence electrons. The van der Waals surface area contributed by atoms with Crippen LogP contribution in [0.2, 0.25) is 5.02 Å². The van der Waals surface area contributed by atoms with Crippen LogP contribution in [0.4, 0.5) is 0 Å². The van der Waals surface area contributed by atoms with Gasteiger partial charge in [-0.25, -0.2) is 0 Å². The average molecular weight is 394 g/mol. The number of hydrogen-bond donors (Lipinski definition) is 1. The maximum atomic E-state index is 12.4. The SMILES string of the molecule is COc1ccc(C(=O)NCCCCOc2ccc(Cl)cc2)c(OC)c1OC. The van der Waals surface area contributed by atoms with Crippen molar-refractivity contribution in [3.05, 3.63) is 47.0 Å². The van der Waals surface area contributed by atoms with Crippen LogP contribution < -0.4 is 24.3 Å². The van der Waals surface area contributed by atoms with E-state index in [9.17, 15) is 4.79 Å². The van der Waals surface area contributed by atoms with Crippen molar-refractivity contribution >= 4 is 17.5 Å². The summed E-state index contributed by atoms with van der Waals surface area (Å²) >= 11 is 5.83. The Morgan fingerprint density at radius 3 is 2.26 bits per heavy atom. The second-order valence-corrected chi connectivity index (χ2v) is 6.08. The van der Waals surface area contributed by atoms with Crippen molar-refractivity contribution in [3.8, 4) is 23.0 Å². The smallest absolute Gasteiger partial charge is 0.255 e. The zero-order chi connectivity index (χ0) is 19.6. The van der Waals surface area contributed by atoms with Crippen LogP contribution in [0.15, 0.2) is 36.4 Å². The molecule has 0 atom stereocenters. The molecule has 27 heavy (non-hydrogen) atoms. The number of halogens is 1. The third-order valence-electron chi connectivity index (χ3n) is 3.89. The molecule has 2 rings (SSSR count). The van der Waals surface area contributed by atoms with E-state index in [1.807, 2.05) is 12.1 Å². The van der Waals surface area contributed by atoms with E-state index in [-0.39, 0.29) is 5.91 Å². The molecule has 0 aliphatic carbocycles. The van der Waals surface area contributed by atoms with Gasteiger partial charge in [-0.2, -0.15) is 0 Å². The van der Waals surface area contributed by atoms with Crippen LogP contribution in [0, 0.1) is 0 Å². The fourth-order valence-electron chi connectivity index (χ4n) is 2.53. The fraction of sp³-hybridized carbons (Fsp3) is 0.350. The van der Waals surface area contributed by atoms with Gasteiger partial charge in [0.15, 0.2) is 11.5 Å². The van der Waals surface area contributed by atoms with E-state index < -0.39 is 0 Å². The van der Waals surface area contributed by atoms with Gasteiger partial charge in [-0.15, -0.1) is 0 Å². The van der Waals surface area contributed by atoms with Crippen molar-refractivity contribution in [3.63, 3.8) is 0 Å². The Morgan fingerprint density at radius 2 is 1.63 bits per heavy atom. The maximum Gasteiger partial charge on any atom is 0.255 e. The van der Waals surface area contributed by atoms with Crippen LogP contribution >= 0.6 is 11.6 Å². The van der Waals surface area contributed by atoms with Gasteiger partial charge in [-0.05, 0) is 49.2 Å². The van der Waals surface area contributed by atoms with E-state index in [1.165, 1.54) is 21.3 Å². The first-order valence-corrected chi connectivity index (χ1v) is 8.94. The van der Waals surface area contributed by atoms with E-state index >= 15 is 0 Å². The minimum atomic E-state index is -0.230. The number of methoxy groups -OCH3 is 3. The lowest BCUT2D eigenvalue weighted by atomic mass is 10.1. The fourth-order valence-corrected chi connectivity index (χ4v) is 2.65. The highest BCUT2D eigenvalue weighted by Gasteiger charge is 2.20. The monoisotopic (exact) mass is 393 g/mol. The highest BCUT2D eigenvalue weighted by molar-refractivity contribution is 6.30. The van der Waals surface area contributed by atoms with E-state index in [0.29, 0.717) is 41.0 Å². The molecule has 0 spiro atoms. The van der Waals surface area contributed by atoms with Gasteiger partial charge in [0, 0.05) is 11.6 Å². The van der Waals surface area contributed by atoms with E-state index in [0.717, 1.165) is 18.6 Å². The summed E-state index contributed by atoms with van der Waals surface area (Å²) in [7, 11) is 4.52. The zero-order valence-corrected chi connectivity index (χ0v) is 16.5. The molecule has 2 aromatic carbocycles. The molecule has 0 fully saturated rings. The van der Waals surface area contributed by atoms with Gasteiger partial charge >= 0.3 is 0 Å². The molecule has 0 aliphatic rings. The van der Waals surface area contributed by atoms with Crippen molar-refractivity contribution in [2.75, 3.05) is 34.5 Å². The first-order chi connectivity index (χ1) is 13.1. The summed E-state index contributed by atoms with van der Waals surface area (Å²) in [6.45, 7) is 1.09. The molecule has 0 saturated heterocycles. The highest BCUT2D eigenvalue weighted by atomic mass is 35.5. The summed E-state index contributed by atoms with van der Waals surface area (Å²) in [4.78, 5) is 12.4. The summed E-state index contributed by atoms with van der Waals surface area (Å²) in [6.07, 6.45) is 1.60. The molecule has 0 unspecified atom stereocenters. The Labute approximate surface area is 164 Å². The Kier molecular flexibility index (Phi) is 8.07. The molecule has 6 nitrogen and oxygen atoms in total. The second kappa shape index (κ2) is 10.5.